The summed E-state index contributed by atoms with van der Waals surface area (Å²) in [6.07, 6.45) is 7.87. The van der Waals surface area contributed by atoms with Gasteiger partial charge in [-0.1, -0.05) is 19.3 Å². The first-order valence-corrected chi connectivity index (χ1v) is 10.3. The quantitative estimate of drug-likeness (QED) is 0.750. The van der Waals surface area contributed by atoms with Crippen LogP contribution in [0.2, 0.25) is 0 Å². The highest BCUT2D eigenvalue weighted by Gasteiger charge is 2.40. The van der Waals surface area contributed by atoms with Gasteiger partial charge in [-0.05, 0) is 12.8 Å². The van der Waals surface area contributed by atoms with E-state index in [1.54, 1.807) is 0 Å². The fourth-order valence-electron chi connectivity index (χ4n) is 3.88. The number of hydrogen-bond acceptors (Lipinski definition) is 4. The zero-order chi connectivity index (χ0) is 15.7. The minimum Gasteiger partial charge on any atom is -0.340 e. The van der Waals surface area contributed by atoms with Crippen LogP contribution in [0, 0.1) is 5.92 Å². The average Bonchev–Trinajstić information content (AvgIpc) is 2.45. The van der Waals surface area contributed by atoms with E-state index in [-0.39, 0.29) is 11.8 Å². The Morgan fingerprint density at radius 3 is 2.09 bits per heavy atom. The molecule has 0 atom stereocenters. The van der Waals surface area contributed by atoms with E-state index in [0.29, 0.717) is 13.1 Å². The molecular formula is C15H27N3O3S. The number of hydrogen-bond donors (Lipinski definition) is 0. The Balaban J connectivity index is 1.44. The van der Waals surface area contributed by atoms with Gasteiger partial charge in [0, 0.05) is 45.3 Å². The average molecular weight is 329 g/mol. The largest absolute Gasteiger partial charge is 0.340 e. The van der Waals surface area contributed by atoms with Crippen molar-refractivity contribution in [3.8, 4) is 0 Å². The topological polar surface area (TPSA) is 60.9 Å². The predicted molar refractivity (Wildman–Crippen MR) is 84.9 cm³/mol. The second-order valence-corrected chi connectivity index (χ2v) is 8.91. The summed E-state index contributed by atoms with van der Waals surface area (Å²) in [6, 6.07) is 0.718. The Morgan fingerprint density at radius 2 is 1.55 bits per heavy atom. The van der Waals surface area contributed by atoms with E-state index in [1.165, 1.54) is 42.7 Å². The van der Waals surface area contributed by atoms with Crippen LogP contribution in [0.1, 0.15) is 32.1 Å². The van der Waals surface area contributed by atoms with E-state index in [1.807, 2.05) is 4.90 Å². The molecule has 1 aliphatic carbocycles. The van der Waals surface area contributed by atoms with Crippen molar-refractivity contribution in [1.29, 1.82) is 0 Å². The normalized spacial score (nSPS) is 26.9. The minimum atomic E-state index is -3.13. The van der Waals surface area contributed by atoms with Crippen molar-refractivity contribution in [2.75, 3.05) is 45.5 Å². The number of rotatable bonds is 3. The first kappa shape index (κ1) is 16.2. The SMILES string of the molecule is CS(=O)(=O)N1CC(C(=O)N2CCN(C3CCCCC3)CC2)C1. The van der Waals surface area contributed by atoms with Crippen LogP contribution in [-0.2, 0) is 14.8 Å². The van der Waals surface area contributed by atoms with Crippen LogP contribution < -0.4 is 0 Å². The Hall–Kier alpha value is -0.660. The van der Waals surface area contributed by atoms with Gasteiger partial charge in [-0.3, -0.25) is 9.69 Å². The number of amides is 1. The molecular weight excluding hydrogens is 302 g/mol. The van der Waals surface area contributed by atoms with Crippen LogP contribution in [-0.4, -0.2) is 80.0 Å². The third-order valence-corrected chi connectivity index (χ3v) is 6.62. The summed E-state index contributed by atoms with van der Waals surface area (Å²) in [6.45, 7) is 4.26. The lowest BCUT2D eigenvalue weighted by atomic mass is 9.93. The van der Waals surface area contributed by atoms with Crippen molar-refractivity contribution >= 4 is 15.9 Å². The molecule has 3 fully saturated rings. The van der Waals surface area contributed by atoms with Gasteiger partial charge in [-0.25, -0.2) is 12.7 Å². The molecule has 0 N–H and O–H groups in total. The Bertz CT molecular complexity index is 502. The van der Waals surface area contributed by atoms with Crippen LogP contribution in [0.3, 0.4) is 0 Å². The molecule has 3 aliphatic rings. The third-order valence-electron chi connectivity index (χ3n) is 5.38. The summed E-state index contributed by atoms with van der Waals surface area (Å²) in [5.74, 6) is 0.0131. The van der Waals surface area contributed by atoms with Gasteiger partial charge in [0.25, 0.3) is 0 Å². The van der Waals surface area contributed by atoms with Gasteiger partial charge in [0.2, 0.25) is 15.9 Å². The van der Waals surface area contributed by atoms with Crippen LogP contribution in [0.5, 0.6) is 0 Å². The molecule has 126 valence electrons. The molecule has 0 bridgehead atoms. The molecule has 2 saturated heterocycles. The van der Waals surface area contributed by atoms with E-state index in [9.17, 15) is 13.2 Å². The summed E-state index contributed by atoms with van der Waals surface area (Å²) in [5, 5.41) is 0. The zero-order valence-electron chi connectivity index (χ0n) is 13.4. The fraction of sp³-hybridized carbons (Fsp3) is 0.933. The molecule has 2 aliphatic heterocycles. The number of nitrogens with zero attached hydrogens (tertiary/aromatic N) is 3. The molecule has 7 heteroatoms. The van der Waals surface area contributed by atoms with Crippen molar-refractivity contribution in [2.24, 2.45) is 5.92 Å². The molecule has 22 heavy (non-hydrogen) atoms. The minimum absolute atomic E-state index is 0.129. The zero-order valence-corrected chi connectivity index (χ0v) is 14.2. The van der Waals surface area contributed by atoms with Gasteiger partial charge in [-0.2, -0.15) is 0 Å². The number of carbonyl (C=O) groups excluding carboxylic acids is 1. The predicted octanol–water partition coefficient (Wildman–Crippen LogP) is 0.355. The van der Waals surface area contributed by atoms with Crippen molar-refractivity contribution in [3.63, 3.8) is 0 Å². The van der Waals surface area contributed by atoms with Crippen molar-refractivity contribution in [1.82, 2.24) is 14.1 Å². The van der Waals surface area contributed by atoms with Gasteiger partial charge >= 0.3 is 0 Å². The maximum Gasteiger partial charge on any atom is 0.228 e. The molecule has 0 spiro atoms. The molecule has 0 aromatic carbocycles. The number of carbonyl (C=O) groups is 1. The Morgan fingerprint density at radius 1 is 0.955 bits per heavy atom. The summed E-state index contributed by atoms with van der Waals surface area (Å²) < 4.78 is 24.1. The van der Waals surface area contributed by atoms with E-state index in [4.69, 9.17) is 0 Å². The second kappa shape index (κ2) is 6.45. The van der Waals surface area contributed by atoms with Gasteiger partial charge in [0.05, 0.1) is 12.2 Å². The first-order valence-electron chi connectivity index (χ1n) is 8.43. The maximum absolute atomic E-state index is 12.4. The summed E-state index contributed by atoms with van der Waals surface area (Å²) >= 11 is 0. The number of piperazine rings is 1. The van der Waals surface area contributed by atoms with E-state index in [0.717, 1.165) is 32.2 Å². The molecule has 1 amide bonds. The second-order valence-electron chi connectivity index (χ2n) is 6.93. The number of sulfonamides is 1. The van der Waals surface area contributed by atoms with E-state index < -0.39 is 10.0 Å². The van der Waals surface area contributed by atoms with Crippen molar-refractivity contribution < 1.29 is 13.2 Å². The molecule has 0 unspecified atom stereocenters. The highest BCUT2D eigenvalue weighted by atomic mass is 32.2. The molecule has 0 aromatic rings. The van der Waals surface area contributed by atoms with Crippen LogP contribution in [0.4, 0.5) is 0 Å². The smallest absolute Gasteiger partial charge is 0.228 e. The maximum atomic E-state index is 12.4. The molecule has 3 rings (SSSR count). The molecule has 0 aromatic heterocycles. The monoisotopic (exact) mass is 329 g/mol. The fourth-order valence-corrected chi connectivity index (χ4v) is 4.78. The standard InChI is InChI=1S/C15H27N3O3S/c1-22(20,21)18-11-13(12-18)15(19)17-9-7-16(8-10-17)14-5-3-2-4-6-14/h13-14H,2-12H2,1H3. The Kier molecular flexibility index (Phi) is 4.75. The summed E-state index contributed by atoms with van der Waals surface area (Å²) in [4.78, 5) is 16.9. The van der Waals surface area contributed by atoms with Gasteiger partial charge < -0.3 is 4.90 Å². The lowest BCUT2D eigenvalue weighted by Gasteiger charge is -2.44. The van der Waals surface area contributed by atoms with Crippen LogP contribution in [0.25, 0.3) is 0 Å². The first-order chi connectivity index (χ1) is 10.4. The van der Waals surface area contributed by atoms with Crippen LogP contribution >= 0.6 is 0 Å². The molecule has 2 heterocycles. The van der Waals surface area contributed by atoms with Crippen molar-refractivity contribution in [2.45, 2.75) is 38.1 Å². The van der Waals surface area contributed by atoms with Gasteiger partial charge in [0.1, 0.15) is 0 Å². The molecule has 1 saturated carbocycles. The van der Waals surface area contributed by atoms with Gasteiger partial charge in [-0.15, -0.1) is 0 Å². The van der Waals surface area contributed by atoms with Crippen LogP contribution in [0.15, 0.2) is 0 Å². The van der Waals surface area contributed by atoms with Crippen molar-refractivity contribution in [3.05, 3.63) is 0 Å². The summed E-state index contributed by atoms with van der Waals surface area (Å²) in [7, 11) is -3.13. The third kappa shape index (κ3) is 3.46. The van der Waals surface area contributed by atoms with Gasteiger partial charge in [0.15, 0.2) is 0 Å². The molecule has 6 nitrogen and oxygen atoms in total. The highest BCUT2D eigenvalue weighted by molar-refractivity contribution is 7.88. The highest BCUT2D eigenvalue weighted by Crippen LogP contribution is 2.25. The van der Waals surface area contributed by atoms with E-state index in [2.05, 4.69) is 4.90 Å². The summed E-state index contributed by atoms with van der Waals surface area (Å²) in [5.41, 5.74) is 0. The van der Waals surface area contributed by atoms with E-state index >= 15 is 0 Å². The molecule has 0 radical (unpaired) electrons. The lowest BCUT2D eigenvalue weighted by Crippen LogP contribution is -2.59. The lowest BCUT2D eigenvalue weighted by molar-refractivity contribution is -0.141. The Labute approximate surface area is 133 Å².